The molecule has 3 heteroatoms. The highest BCUT2D eigenvalue weighted by Gasteiger charge is 2.13. The molecule has 0 saturated heterocycles. The van der Waals surface area contributed by atoms with Crippen LogP contribution in [0.2, 0.25) is 0 Å². The van der Waals surface area contributed by atoms with Crippen molar-refractivity contribution in [3.05, 3.63) is 71.1 Å². The minimum Gasteiger partial charge on any atom is -0.361 e. The van der Waals surface area contributed by atoms with E-state index >= 15 is 0 Å². The minimum atomic E-state index is 0.185. The van der Waals surface area contributed by atoms with Crippen molar-refractivity contribution in [2.75, 3.05) is 11.9 Å². The highest BCUT2D eigenvalue weighted by atomic mass is 32.1. The quantitative estimate of drug-likeness (QED) is 0.640. The van der Waals surface area contributed by atoms with Crippen molar-refractivity contribution < 1.29 is 0 Å². The Hall–Kier alpha value is -2.13. The highest BCUT2D eigenvalue weighted by molar-refractivity contribution is 7.14. The number of benzene rings is 2. The molecule has 24 heavy (non-hydrogen) atoms. The first-order chi connectivity index (χ1) is 11.5. The summed E-state index contributed by atoms with van der Waals surface area (Å²) >= 11 is 1.67. The second-order valence-corrected chi connectivity index (χ2v) is 7.89. The van der Waals surface area contributed by atoms with E-state index in [0.29, 0.717) is 0 Å². The summed E-state index contributed by atoms with van der Waals surface area (Å²) in [5.41, 5.74) is 5.10. The summed E-state index contributed by atoms with van der Waals surface area (Å²) in [6, 6.07) is 19.3. The number of nitrogens with one attached hydrogen (secondary N) is 1. The van der Waals surface area contributed by atoms with Crippen molar-refractivity contribution in [3.8, 4) is 11.3 Å². The Morgan fingerprint density at radius 2 is 1.67 bits per heavy atom. The van der Waals surface area contributed by atoms with Gasteiger partial charge in [-0.15, -0.1) is 11.3 Å². The first-order valence-corrected chi connectivity index (χ1v) is 9.24. The molecule has 0 unspecified atom stereocenters. The monoisotopic (exact) mass is 336 g/mol. The summed E-state index contributed by atoms with van der Waals surface area (Å²) < 4.78 is 0. The zero-order chi connectivity index (χ0) is 17.0. The standard InChI is InChI=1S/C21H24N2S/c1-21(2,3)18-11-9-17(10-12-18)19-15-24-20(23-19)22-14-13-16-7-5-4-6-8-16/h4-12,15H,13-14H2,1-3H3,(H,22,23). The first-order valence-electron chi connectivity index (χ1n) is 8.36. The summed E-state index contributed by atoms with van der Waals surface area (Å²) in [5, 5.41) is 6.54. The Morgan fingerprint density at radius 3 is 2.33 bits per heavy atom. The van der Waals surface area contributed by atoms with Crippen LogP contribution in [0.1, 0.15) is 31.9 Å². The van der Waals surface area contributed by atoms with E-state index in [1.54, 1.807) is 11.3 Å². The molecule has 2 nitrogen and oxygen atoms in total. The Morgan fingerprint density at radius 1 is 0.958 bits per heavy atom. The van der Waals surface area contributed by atoms with Crippen LogP contribution in [0.4, 0.5) is 5.13 Å². The van der Waals surface area contributed by atoms with Gasteiger partial charge in [-0.05, 0) is 23.0 Å². The van der Waals surface area contributed by atoms with Gasteiger partial charge >= 0.3 is 0 Å². The molecule has 0 amide bonds. The normalized spacial score (nSPS) is 11.5. The van der Waals surface area contributed by atoms with Gasteiger partial charge in [0.25, 0.3) is 0 Å². The van der Waals surface area contributed by atoms with Gasteiger partial charge in [-0.1, -0.05) is 75.4 Å². The molecule has 1 N–H and O–H groups in total. The van der Waals surface area contributed by atoms with Crippen LogP contribution in [0, 0.1) is 0 Å². The van der Waals surface area contributed by atoms with Crippen LogP contribution in [-0.4, -0.2) is 11.5 Å². The molecule has 0 saturated carbocycles. The van der Waals surface area contributed by atoms with E-state index in [2.05, 4.69) is 86.1 Å². The van der Waals surface area contributed by atoms with Crippen LogP contribution >= 0.6 is 11.3 Å². The predicted octanol–water partition coefficient (Wildman–Crippen LogP) is 5.76. The van der Waals surface area contributed by atoms with Crippen LogP contribution in [-0.2, 0) is 11.8 Å². The predicted molar refractivity (Wildman–Crippen MR) is 105 cm³/mol. The fourth-order valence-corrected chi connectivity index (χ4v) is 3.34. The average molecular weight is 337 g/mol. The van der Waals surface area contributed by atoms with Gasteiger partial charge in [0.2, 0.25) is 0 Å². The molecule has 1 aromatic heterocycles. The first kappa shape index (κ1) is 16.7. The van der Waals surface area contributed by atoms with E-state index in [4.69, 9.17) is 4.98 Å². The lowest BCUT2D eigenvalue weighted by molar-refractivity contribution is 0.590. The molecule has 0 aliphatic carbocycles. The summed E-state index contributed by atoms with van der Waals surface area (Å²) in [6.07, 6.45) is 1.01. The van der Waals surface area contributed by atoms with Gasteiger partial charge in [-0.25, -0.2) is 4.98 Å². The van der Waals surface area contributed by atoms with E-state index in [1.807, 2.05) is 0 Å². The van der Waals surface area contributed by atoms with Crippen LogP contribution in [0.15, 0.2) is 60.0 Å². The summed E-state index contributed by atoms with van der Waals surface area (Å²) in [6.45, 7) is 7.61. The molecule has 0 fully saturated rings. The number of rotatable bonds is 5. The van der Waals surface area contributed by atoms with E-state index < -0.39 is 0 Å². The maximum Gasteiger partial charge on any atom is 0.183 e. The van der Waals surface area contributed by atoms with E-state index in [0.717, 1.165) is 23.8 Å². The van der Waals surface area contributed by atoms with Gasteiger partial charge in [0, 0.05) is 17.5 Å². The van der Waals surface area contributed by atoms with Gasteiger partial charge < -0.3 is 5.32 Å². The number of hydrogen-bond acceptors (Lipinski definition) is 3. The molecule has 0 atom stereocenters. The third-order valence-corrected chi connectivity index (χ3v) is 4.88. The number of aromatic nitrogens is 1. The van der Waals surface area contributed by atoms with E-state index in [9.17, 15) is 0 Å². The fourth-order valence-electron chi connectivity index (χ4n) is 2.59. The maximum atomic E-state index is 4.71. The van der Waals surface area contributed by atoms with Crippen molar-refractivity contribution >= 4 is 16.5 Å². The van der Waals surface area contributed by atoms with Gasteiger partial charge in [0.05, 0.1) is 5.69 Å². The lowest BCUT2D eigenvalue weighted by atomic mass is 9.86. The molecule has 1 heterocycles. The molecule has 0 radical (unpaired) electrons. The van der Waals surface area contributed by atoms with E-state index in [1.165, 1.54) is 16.7 Å². The molecular formula is C21H24N2S. The van der Waals surface area contributed by atoms with Gasteiger partial charge in [0.15, 0.2) is 5.13 Å². The molecule has 0 bridgehead atoms. The molecule has 0 aliphatic heterocycles. The van der Waals surface area contributed by atoms with Crippen LogP contribution in [0.5, 0.6) is 0 Å². The zero-order valence-electron chi connectivity index (χ0n) is 14.5. The van der Waals surface area contributed by atoms with Crippen molar-refractivity contribution in [2.24, 2.45) is 0 Å². The third kappa shape index (κ3) is 4.24. The zero-order valence-corrected chi connectivity index (χ0v) is 15.4. The van der Waals surface area contributed by atoms with Crippen LogP contribution in [0.3, 0.4) is 0 Å². The smallest absolute Gasteiger partial charge is 0.183 e. The largest absolute Gasteiger partial charge is 0.361 e. The molecule has 3 aromatic rings. The number of thiazole rings is 1. The van der Waals surface area contributed by atoms with Crippen molar-refractivity contribution in [1.29, 1.82) is 0 Å². The minimum absolute atomic E-state index is 0.185. The SMILES string of the molecule is CC(C)(C)c1ccc(-c2csc(NCCc3ccccc3)n2)cc1. The second-order valence-electron chi connectivity index (χ2n) is 7.03. The Labute approximate surface area is 148 Å². The van der Waals surface area contributed by atoms with Crippen LogP contribution in [0.25, 0.3) is 11.3 Å². The summed E-state index contributed by atoms with van der Waals surface area (Å²) in [5.74, 6) is 0. The molecule has 124 valence electrons. The fraction of sp³-hybridized carbons (Fsp3) is 0.286. The topological polar surface area (TPSA) is 24.9 Å². The van der Waals surface area contributed by atoms with E-state index in [-0.39, 0.29) is 5.41 Å². The average Bonchev–Trinajstić information content (AvgIpc) is 3.04. The second kappa shape index (κ2) is 7.18. The lowest BCUT2D eigenvalue weighted by Gasteiger charge is -2.18. The summed E-state index contributed by atoms with van der Waals surface area (Å²) in [4.78, 5) is 4.71. The van der Waals surface area contributed by atoms with Crippen molar-refractivity contribution in [1.82, 2.24) is 4.98 Å². The molecule has 0 spiro atoms. The summed E-state index contributed by atoms with van der Waals surface area (Å²) in [7, 11) is 0. The number of hydrogen-bond donors (Lipinski definition) is 1. The molecule has 3 rings (SSSR count). The number of anilines is 1. The maximum absolute atomic E-state index is 4.71. The van der Waals surface area contributed by atoms with Crippen molar-refractivity contribution in [3.63, 3.8) is 0 Å². The molecule has 2 aromatic carbocycles. The van der Waals surface area contributed by atoms with Gasteiger partial charge in [-0.2, -0.15) is 0 Å². The Balaban J connectivity index is 1.61. The number of nitrogens with zero attached hydrogens (tertiary/aromatic N) is 1. The van der Waals surface area contributed by atoms with Gasteiger partial charge in [-0.3, -0.25) is 0 Å². The molecular weight excluding hydrogens is 312 g/mol. The van der Waals surface area contributed by atoms with Crippen LogP contribution < -0.4 is 5.32 Å². The van der Waals surface area contributed by atoms with Gasteiger partial charge in [0.1, 0.15) is 0 Å². The Kier molecular flexibility index (Phi) is 5.00. The third-order valence-electron chi connectivity index (χ3n) is 4.08. The lowest BCUT2D eigenvalue weighted by Crippen LogP contribution is -2.10. The van der Waals surface area contributed by atoms with Crippen molar-refractivity contribution in [2.45, 2.75) is 32.6 Å². The Bertz CT molecular complexity index is 768. The molecule has 0 aliphatic rings. The highest BCUT2D eigenvalue weighted by Crippen LogP contribution is 2.28.